The van der Waals surface area contributed by atoms with Gasteiger partial charge in [0.25, 0.3) is 0 Å². The number of hydrogen-bond acceptors (Lipinski definition) is 3. The van der Waals surface area contributed by atoms with Crippen LogP contribution in [0.2, 0.25) is 0 Å². The minimum atomic E-state index is 0. The van der Waals surface area contributed by atoms with Crippen molar-refractivity contribution in [3.63, 3.8) is 0 Å². The molecule has 1 aliphatic heterocycles. The fourth-order valence-electron chi connectivity index (χ4n) is 1.61. The van der Waals surface area contributed by atoms with Crippen LogP contribution in [-0.2, 0) is 0 Å². The van der Waals surface area contributed by atoms with E-state index >= 15 is 0 Å². The second-order valence-electron chi connectivity index (χ2n) is 4.59. The average Bonchev–Trinajstić information content (AvgIpc) is 2.20. The lowest BCUT2D eigenvalue weighted by Gasteiger charge is -2.32. The van der Waals surface area contributed by atoms with Gasteiger partial charge in [0.1, 0.15) is 0 Å². The first-order chi connectivity index (χ1) is 7.09. The van der Waals surface area contributed by atoms with Crippen molar-refractivity contribution in [3.05, 3.63) is 0 Å². The van der Waals surface area contributed by atoms with Crippen LogP contribution in [0.5, 0.6) is 0 Å². The molecule has 0 aliphatic carbocycles. The molecule has 15 heavy (non-hydrogen) atoms. The predicted octanol–water partition coefficient (Wildman–Crippen LogP) is 1.05. The van der Waals surface area contributed by atoms with Crippen LogP contribution in [0, 0.1) is 5.92 Å². The largest absolute Gasteiger partial charge is 0.378 e. The third kappa shape index (κ3) is 4.91. The first-order valence-electron chi connectivity index (χ1n) is 5.78. The lowest BCUT2D eigenvalue weighted by atomic mass is 10.2. The monoisotopic (exact) mass is 231 g/mol. The van der Waals surface area contributed by atoms with Crippen molar-refractivity contribution in [2.45, 2.75) is 13.8 Å². The summed E-state index contributed by atoms with van der Waals surface area (Å²) in [5, 5.41) is 3.32. The van der Waals surface area contributed by atoms with Gasteiger partial charge < -0.3 is 10.2 Å². The standard InChI is InChI=1S/C11H23N3S.H2/c1-10(2)11(15)12-4-5-14-8-6-13(3)7-9-14;/h10H,4-9H2,1-3H3,(H,12,15);1H. The second-order valence-corrected chi connectivity index (χ2v) is 5.03. The van der Waals surface area contributed by atoms with Crippen LogP contribution in [0.3, 0.4) is 0 Å². The summed E-state index contributed by atoms with van der Waals surface area (Å²) in [6, 6.07) is 0. The summed E-state index contributed by atoms with van der Waals surface area (Å²) in [4.78, 5) is 5.86. The lowest BCUT2D eigenvalue weighted by molar-refractivity contribution is 0.156. The molecule has 1 fully saturated rings. The molecule has 0 radical (unpaired) electrons. The number of nitrogens with zero attached hydrogens (tertiary/aromatic N) is 2. The maximum atomic E-state index is 5.23. The molecule has 1 rings (SSSR count). The maximum absolute atomic E-state index is 5.23. The molecular weight excluding hydrogens is 206 g/mol. The molecule has 0 spiro atoms. The van der Waals surface area contributed by atoms with Gasteiger partial charge in [0, 0.05) is 46.6 Å². The predicted molar refractivity (Wildman–Crippen MR) is 71.5 cm³/mol. The molecule has 1 aliphatic rings. The molecule has 0 atom stereocenters. The summed E-state index contributed by atoms with van der Waals surface area (Å²) in [7, 11) is 2.18. The Bertz CT molecular complexity index is 203. The van der Waals surface area contributed by atoms with E-state index in [9.17, 15) is 0 Å². The number of thiocarbonyl (C=S) groups is 1. The number of piperazine rings is 1. The van der Waals surface area contributed by atoms with E-state index in [-0.39, 0.29) is 1.43 Å². The Morgan fingerprint density at radius 3 is 2.47 bits per heavy atom. The molecule has 0 aromatic rings. The molecule has 3 nitrogen and oxygen atoms in total. The number of likely N-dealkylation sites (N-methyl/N-ethyl adjacent to an activating group) is 1. The first kappa shape index (κ1) is 12.9. The van der Waals surface area contributed by atoms with Crippen molar-refractivity contribution in [3.8, 4) is 0 Å². The van der Waals surface area contributed by atoms with Crippen molar-refractivity contribution >= 4 is 17.2 Å². The number of rotatable bonds is 4. The molecule has 0 unspecified atom stereocenters. The van der Waals surface area contributed by atoms with Gasteiger partial charge in [0.2, 0.25) is 0 Å². The summed E-state index contributed by atoms with van der Waals surface area (Å²) in [5.74, 6) is 0.465. The third-order valence-electron chi connectivity index (χ3n) is 2.85. The fraction of sp³-hybridized carbons (Fsp3) is 0.909. The highest BCUT2D eigenvalue weighted by molar-refractivity contribution is 7.80. The van der Waals surface area contributed by atoms with Crippen molar-refractivity contribution in [2.24, 2.45) is 5.92 Å². The average molecular weight is 231 g/mol. The molecule has 1 saturated heterocycles. The van der Waals surface area contributed by atoms with E-state index in [1.807, 2.05) is 0 Å². The lowest BCUT2D eigenvalue weighted by Crippen LogP contribution is -2.47. The van der Waals surface area contributed by atoms with E-state index in [2.05, 4.69) is 36.0 Å². The van der Waals surface area contributed by atoms with Crippen LogP contribution in [0.15, 0.2) is 0 Å². The van der Waals surface area contributed by atoms with E-state index in [0.717, 1.165) is 18.1 Å². The molecule has 90 valence electrons. The summed E-state index contributed by atoms with van der Waals surface area (Å²) >= 11 is 5.23. The van der Waals surface area contributed by atoms with Crippen molar-refractivity contribution in [1.29, 1.82) is 0 Å². The van der Waals surface area contributed by atoms with Gasteiger partial charge in [0.05, 0.1) is 4.99 Å². The zero-order valence-corrected chi connectivity index (χ0v) is 10.9. The van der Waals surface area contributed by atoms with Crippen molar-refractivity contribution in [2.75, 3.05) is 46.3 Å². The summed E-state index contributed by atoms with van der Waals surface area (Å²) in [6.45, 7) is 11.1. The first-order valence-corrected chi connectivity index (χ1v) is 6.19. The van der Waals surface area contributed by atoms with Crippen molar-refractivity contribution < 1.29 is 1.43 Å². The number of nitrogens with one attached hydrogen (secondary N) is 1. The van der Waals surface area contributed by atoms with E-state index in [1.54, 1.807) is 0 Å². The Morgan fingerprint density at radius 1 is 1.33 bits per heavy atom. The molecule has 4 heteroatoms. The Hall–Kier alpha value is -0.190. The van der Waals surface area contributed by atoms with Crippen LogP contribution < -0.4 is 5.32 Å². The highest BCUT2D eigenvalue weighted by Gasteiger charge is 2.12. The van der Waals surface area contributed by atoms with Crippen LogP contribution in [0.25, 0.3) is 0 Å². The van der Waals surface area contributed by atoms with E-state index in [4.69, 9.17) is 12.2 Å². The molecule has 1 N–H and O–H groups in total. The zero-order valence-electron chi connectivity index (χ0n) is 10.1. The molecular formula is C11H25N3S. The summed E-state index contributed by atoms with van der Waals surface area (Å²) in [5.41, 5.74) is 0. The molecule has 1 heterocycles. The van der Waals surface area contributed by atoms with E-state index < -0.39 is 0 Å². The minimum Gasteiger partial charge on any atom is -0.378 e. The summed E-state index contributed by atoms with van der Waals surface area (Å²) in [6.07, 6.45) is 0. The van der Waals surface area contributed by atoms with Gasteiger partial charge in [-0.15, -0.1) is 0 Å². The Kier molecular flexibility index (Phi) is 5.50. The van der Waals surface area contributed by atoms with Gasteiger partial charge in [-0.2, -0.15) is 0 Å². The Morgan fingerprint density at radius 2 is 1.93 bits per heavy atom. The van der Waals surface area contributed by atoms with Crippen molar-refractivity contribution in [1.82, 2.24) is 15.1 Å². The smallest absolute Gasteiger partial charge is 0.0779 e. The molecule has 0 bridgehead atoms. The maximum Gasteiger partial charge on any atom is 0.0779 e. The van der Waals surface area contributed by atoms with Gasteiger partial charge in [0.15, 0.2) is 0 Å². The highest BCUT2D eigenvalue weighted by atomic mass is 32.1. The normalized spacial score (nSPS) is 19.5. The van der Waals surface area contributed by atoms with Gasteiger partial charge in [-0.1, -0.05) is 26.1 Å². The highest BCUT2D eigenvalue weighted by Crippen LogP contribution is 1.98. The van der Waals surface area contributed by atoms with Crippen LogP contribution in [0.1, 0.15) is 15.3 Å². The Labute approximate surface area is 100 Å². The second kappa shape index (κ2) is 6.40. The van der Waals surface area contributed by atoms with Gasteiger partial charge in [-0.3, -0.25) is 4.90 Å². The molecule has 0 saturated carbocycles. The third-order valence-corrected chi connectivity index (χ3v) is 3.46. The molecule has 0 aromatic carbocycles. The number of hydrogen-bond donors (Lipinski definition) is 1. The quantitative estimate of drug-likeness (QED) is 0.729. The van der Waals surface area contributed by atoms with E-state index in [1.165, 1.54) is 26.2 Å². The van der Waals surface area contributed by atoms with Crippen LogP contribution in [-0.4, -0.2) is 61.1 Å². The molecule has 0 aromatic heterocycles. The van der Waals surface area contributed by atoms with Gasteiger partial charge in [-0.25, -0.2) is 0 Å². The summed E-state index contributed by atoms with van der Waals surface area (Å²) < 4.78 is 0. The van der Waals surface area contributed by atoms with Crippen LogP contribution in [0.4, 0.5) is 0 Å². The minimum absolute atomic E-state index is 0. The fourth-order valence-corrected chi connectivity index (χ4v) is 1.71. The van der Waals surface area contributed by atoms with Gasteiger partial charge >= 0.3 is 0 Å². The van der Waals surface area contributed by atoms with Crippen LogP contribution >= 0.6 is 12.2 Å². The Balaban J connectivity index is 0.00000225. The zero-order chi connectivity index (χ0) is 11.3. The topological polar surface area (TPSA) is 18.5 Å². The SMILES string of the molecule is CC(C)C(=S)NCCN1CCN(C)CC1.[HH]. The van der Waals surface area contributed by atoms with Gasteiger partial charge in [-0.05, 0) is 7.05 Å². The molecule has 0 amide bonds. The van der Waals surface area contributed by atoms with E-state index in [0.29, 0.717) is 5.92 Å².